The van der Waals surface area contributed by atoms with E-state index in [2.05, 4.69) is 10.6 Å². The fraction of sp³-hybridized carbons (Fsp3) is 0.217. The number of urea groups is 2. The van der Waals surface area contributed by atoms with E-state index < -0.39 is 17.7 Å². The topological polar surface area (TPSA) is 64.7 Å². The first kappa shape index (κ1) is 21.3. The molecule has 8 heteroatoms. The Hall–Kier alpha value is -2.96. The van der Waals surface area contributed by atoms with Gasteiger partial charge < -0.3 is 15.5 Å². The smallest absolute Gasteiger partial charge is 0.318 e. The van der Waals surface area contributed by atoms with Crippen LogP contribution in [0.3, 0.4) is 0 Å². The molecule has 160 valence electrons. The molecule has 3 aromatic carbocycles. The van der Waals surface area contributed by atoms with Crippen LogP contribution in [-0.4, -0.2) is 35.7 Å². The van der Waals surface area contributed by atoms with Crippen molar-refractivity contribution in [3.05, 3.63) is 70.7 Å². The third-order valence-corrected chi connectivity index (χ3v) is 6.50. The number of fused-ring (bicyclic) bond motifs is 1. The zero-order chi connectivity index (χ0) is 22.3. The maximum Gasteiger partial charge on any atom is 0.326 e. The fourth-order valence-electron chi connectivity index (χ4n) is 3.78. The molecule has 1 aliphatic heterocycles. The number of hydrogen-bond donors (Lipinski definition) is 2. The predicted octanol–water partition coefficient (Wildman–Crippen LogP) is 5.94. The molecule has 4 rings (SSSR count). The molecule has 0 saturated carbocycles. The number of nitrogens with one attached hydrogen (secondary N) is 2. The summed E-state index contributed by atoms with van der Waals surface area (Å²) < 4.78 is 0. The monoisotopic (exact) mass is 456 g/mol. The lowest BCUT2D eigenvalue weighted by Crippen LogP contribution is -2.56. The molecule has 0 aliphatic carbocycles. The minimum atomic E-state index is -0.664. The fourth-order valence-corrected chi connectivity index (χ4v) is 4.08. The number of nitrogens with zero attached hydrogens (tertiary/aromatic N) is 2. The van der Waals surface area contributed by atoms with Crippen molar-refractivity contribution in [3.8, 4) is 0 Å². The predicted molar refractivity (Wildman–Crippen MR) is 126 cm³/mol. The van der Waals surface area contributed by atoms with E-state index in [1.807, 2.05) is 56.3 Å². The maximum atomic E-state index is 13.2. The average Bonchev–Trinajstić information content (AvgIpc) is 2.90. The minimum Gasteiger partial charge on any atom is -0.318 e. The van der Waals surface area contributed by atoms with Gasteiger partial charge in [-0.25, -0.2) is 9.59 Å². The van der Waals surface area contributed by atoms with E-state index >= 15 is 0 Å². The summed E-state index contributed by atoms with van der Waals surface area (Å²) in [5, 5.41) is 8.41. The van der Waals surface area contributed by atoms with Crippen molar-refractivity contribution < 1.29 is 9.59 Å². The zero-order valence-corrected chi connectivity index (χ0v) is 18.8. The van der Waals surface area contributed by atoms with Gasteiger partial charge >= 0.3 is 12.1 Å². The Labute approximate surface area is 190 Å². The first-order chi connectivity index (χ1) is 14.7. The molecule has 2 N–H and O–H groups in total. The first-order valence-corrected chi connectivity index (χ1v) is 10.5. The Kier molecular flexibility index (Phi) is 5.45. The minimum absolute atomic E-state index is 0.193. The molecule has 1 saturated heterocycles. The normalized spacial score (nSPS) is 17.8. The summed E-state index contributed by atoms with van der Waals surface area (Å²) in [5.41, 5.74) is 0.572. The largest absolute Gasteiger partial charge is 0.326 e. The molecule has 6 nitrogen and oxygen atoms in total. The van der Waals surface area contributed by atoms with Crippen LogP contribution >= 0.6 is 23.2 Å². The van der Waals surface area contributed by atoms with Crippen LogP contribution in [0.4, 0.5) is 21.0 Å². The van der Waals surface area contributed by atoms with Gasteiger partial charge in [0.15, 0.2) is 0 Å². The molecule has 4 amide bonds. The van der Waals surface area contributed by atoms with Gasteiger partial charge in [0.25, 0.3) is 0 Å². The van der Waals surface area contributed by atoms with E-state index in [1.54, 1.807) is 35.0 Å². The summed E-state index contributed by atoms with van der Waals surface area (Å²) in [6.45, 7) is 3.83. The number of amides is 4. The van der Waals surface area contributed by atoms with Gasteiger partial charge in [0.2, 0.25) is 0 Å². The lowest BCUT2D eigenvalue weighted by atomic mass is 10.00. The molecule has 1 aliphatic rings. The highest BCUT2D eigenvalue weighted by molar-refractivity contribution is 6.42. The maximum absolute atomic E-state index is 13.2. The Bertz CT molecular complexity index is 1180. The van der Waals surface area contributed by atoms with Gasteiger partial charge in [-0.15, -0.1) is 0 Å². The van der Waals surface area contributed by atoms with Crippen LogP contribution in [-0.2, 0) is 0 Å². The molecule has 0 unspecified atom stereocenters. The molecule has 0 spiro atoms. The number of rotatable bonds is 3. The summed E-state index contributed by atoms with van der Waals surface area (Å²) >= 11 is 12.0. The van der Waals surface area contributed by atoms with E-state index in [1.165, 1.54) is 0 Å². The SMILES string of the molecule is CN1C(=O)N(c2cccc3ccccc23)[C@@H](NC(=O)Nc2ccc(Cl)c(Cl)c2)C1(C)C. The highest BCUT2D eigenvalue weighted by Crippen LogP contribution is 2.37. The molecule has 0 radical (unpaired) electrons. The van der Waals surface area contributed by atoms with Crippen LogP contribution < -0.4 is 15.5 Å². The van der Waals surface area contributed by atoms with Gasteiger partial charge in [0.1, 0.15) is 6.17 Å². The quantitative estimate of drug-likeness (QED) is 0.511. The summed E-state index contributed by atoms with van der Waals surface area (Å²) in [4.78, 5) is 29.4. The van der Waals surface area contributed by atoms with E-state index in [0.29, 0.717) is 15.7 Å². The average molecular weight is 457 g/mol. The number of carbonyl (C=O) groups is 2. The van der Waals surface area contributed by atoms with Crippen molar-refractivity contribution in [2.45, 2.75) is 25.6 Å². The molecular formula is C23H22Cl2N4O2. The summed E-state index contributed by atoms with van der Waals surface area (Å²) in [7, 11) is 1.74. The summed E-state index contributed by atoms with van der Waals surface area (Å²) in [5.74, 6) is 0. The van der Waals surface area contributed by atoms with Gasteiger partial charge in [0, 0.05) is 18.1 Å². The molecular weight excluding hydrogens is 435 g/mol. The highest BCUT2D eigenvalue weighted by atomic mass is 35.5. The van der Waals surface area contributed by atoms with Crippen LogP contribution in [0.5, 0.6) is 0 Å². The second-order valence-electron chi connectivity index (χ2n) is 7.99. The number of hydrogen-bond acceptors (Lipinski definition) is 2. The molecule has 1 heterocycles. The van der Waals surface area contributed by atoms with Crippen LogP contribution in [0.2, 0.25) is 10.0 Å². The van der Waals surface area contributed by atoms with Crippen molar-refractivity contribution in [2.24, 2.45) is 0 Å². The Morgan fingerprint density at radius 2 is 1.71 bits per heavy atom. The zero-order valence-electron chi connectivity index (χ0n) is 17.3. The number of halogens is 2. The number of anilines is 2. The number of benzene rings is 3. The van der Waals surface area contributed by atoms with Crippen molar-refractivity contribution in [1.29, 1.82) is 0 Å². The first-order valence-electron chi connectivity index (χ1n) is 9.77. The van der Waals surface area contributed by atoms with Crippen LogP contribution in [0.1, 0.15) is 13.8 Å². The van der Waals surface area contributed by atoms with Gasteiger partial charge in [-0.05, 0) is 43.5 Å². The van der Waals surface area contributed by atoms with Gasteiger partial charge in [-0.3, -0.25) is 4.90 Å². The number of likely N-dealkylation sites (N-methyl/N-ethyl adjacent to an activating group) is 1. The van der Waals surface area contributed by atoms with Crippen LogP contribution in [0.25, 0.3) is 10.8 Å². The molecule has 1 fully saturated rings. The van der Waals surface area contributed by atoms with Crippen molar-refractivity contribution in [3.63, 3.8) is 0 Å². The lowest BCUT2D eigenvalue weighted by molar-refractivity contribution is 0.180. The van der Waals surface area contributed by atoms with E-state index in [-0.39, 0.29) is 6.03 Å². The molecule has 0 aromatic heterocycles. The lowest BCUT2D eigenvalue weighted by Gasteiger charge is -2.34. The number of carbonyl (C=O) groups excluding carboxylic acids is 2. The van der Waals surface area contributed by atoms with Crippen molar-refractivity contribution >= 4 is 57.4 Å². The third-order valence-electron chi connectivity index (χ3n) is 5.76. The van der Waals surface area contributed by atoms with Crippen molar-refractivity contribution in [2.75, 3.05) is 17.3 Å². The van der Waals surface area contributed by atoms with Crippen molar-refractivity contribution in [1.82, 2.24) is 10.2 Å². The Morgan fingerprint density at radius 1 is 1.00 bits per heavy atom. The van der Waals surface area contributed by atoms with Crippen LogP contribution in [0, 0.1) is 0 Å². The standard InChI is InChI=1S/C23H22Cl2N4O2/c1-23(2)20(27-21(30)26-15-11-12-17(24)18(25)13-15)29(22(31)28(23)3)19-10-6-8-14-7-4-5-9-16(14)19/h4-13,20H,1-3H3,(H2,26,27,30)/t20-/m1/s1. The highest BCUT2D eigenvalue weighted by Gasteiger charge is 2.51. The second kappa shape index (κ2) is 7.94. The second-order valence-corrected chi connectivity index (χ2v) is 8.81. The third kappa shape index (κ3) is 3.77. The van der Waals surface area contributed by atoms with Gasteiger partial charge in [-0.2, -0.15) is 0 Å². The Balaban J connectivity index is 1.68. The summed E-state index contributed by atoms with van der Waals surface area (Å²) in [6.07, 6.45) is -0.612. The van der Waals surface area contributed by atoms with E-state index in [9.17, 15) is 9.59 Å². The molecule has 0 bridgehead atoms. The molecule has 31 heavy (non-hydrogen) atoms. The van der Waals surface area contributed by atoms with Gasteiger partial charge in [-0.1, -0.05) is 59.6 Å². The summed E-state index contributed by atoms with van der Waals surface area (Å²) in [6, 6.07) is 17.8. The Morgan fingerprint density at radius 3 is 2.45 bits per heavy atom. The molecule has 1 atom stereocenters. The van der Waals surface area contributed by atoms with Gasteiger partial charge in [0.05, 0.1) is 21.3 Å². The van der Waals surface area contributed by atoms with E-state index in [0.717, 1.165) is 16.5 Å². The molecule has 3 aromatic rings. The van der Waals surface area contributed by atoms with E-state index in [4.69, 9.17) is 23.2 Å². The van der Waals surface area contributed by atoms with Crippen LogP contribution in [0.15, 0.2) is 60.7 Å².